The molecular formula is C34H29N3O7. The van der Waals surface area contributed by atoms with E-state index in [1.807, 2.05) is 31.2 Å². The number of anilines is 2. The first-order chi connectivity index (χ1) is 21.3. The summed E-state index contributed by atoms with van der Waals surface area (Å²) in [6.45, 7) is 1.67. The molecule has 0 bridgehead atoms. The summed E-state index contributed by atoms with van der Waals surface area (Å²) in [4.78, 5) is 56.7. The van der Waals surface area contributed by atoms with E-state index < -0.39 is 36.1 Å². The molecule has 2 aliphatic heterocycles. The van der Waals surface area contributed by atoms with Crippen LogP contribution in [0.3, 0.4) is 0 Å². The third-order valence-electron chi connectivity index (χ3n) is 7.60. The summed E-state index contributed by atoms with van der Waals surface area (Å²) in [7, 11) is 1.54. The van der Waals surface area contributed by atoms with E-state index in [1.54, 1.807) is 66.7 Å². The second kappa shape index (κ2) is 11.9. The average molecular weight is 592 g/mol. The molecule has 4 aromatic rings. The fourth-order valence-corrected chi connectivity index (χ4v) is 5.29. The summed E-state index contributed by atoms with van der Waals surface area (Å²) in [5.41, 5.74) is 3.39. The highest BCUT2D eigenvalue weighted by atomic mass is 16.7. The number of ketones is 1. The van der Waals surface area contributed by atoms with Crippen molar-refractivity contribution in [3.05, 3.63) is 113 Å². The number of carbonyl (C=O) groups excluding carboxylic acids is 4. The van der Waals surface area contributed by atoms with Gasteiger partial charge in [0.15, 0.2) is 11.5 Å². The topological polar surface area (TPSA) is 114 Å². The summed E-state index contributed by atoms with van der Waals surface area (Å²) in [6.07, 6.45) is 0. The Balaban J connectivity index is 1.39. The van der Waals surface area contributed by atoms with E-state index >= 15 is 0 Å². The smallest absolute Gasteiger partial charge is 0.299 e. The number of fused-ring (bicyclic) bond motifs is 2. The first-order valence-corrected chi connectivity index (χ1v) is 14.0. The predicted molar refractivity (Wildman–Crippen MR) is 162 cm³/mol. The predicted octanol–water partition coefficient (Wildman–Crippen LogP) is 4.67. The third-order valence-corrected chi connectivity index (χ3v) is 7.60. The molecule has 4 aromatic carbocycles. The quantitative estimate of drug-likeness (QED) is 0.282. The van der Waals surface area contributed by atoms with Crippen LogP contribution in [0.2, 0.25) is 0 Å². The van der Waals surface area contributed by atoms with Crippen molar-refractivity contribution in [3.8, 4) is 17.2 Å². The van der Waals surface area contributed by atoms with E-state index in [2.05, 4.69) is 5.32 Å². The number of amides is 3. The zero-order valence-corrected chi connectivity index (χ0v) is 24.1. The Morgan fingerprint density at radius 3 is 2.41 bits per heavy atom. The molecule has 3 amide bonds. The van der Waals surface area contributed by atoms with Crippen LogP contribution >= 0.6 is 0 Å². The molecule has 0 aromatic heterocycles. The van der Waals surface area contributed by atoms with Gasteiger partial charge in [-0.15, -0.1) is 0 Å². The number of hydrogen-bond acceptors (Lipinski definition) is 7. The second-order valence-electron chi connectivity index (χ2n) is 10.5. The zero-order valence-electron chi connectivity index (χ0n) is 24.1. The molecule has 2 heterocycles. The van der Waals surface area contributed by atoms with Crippen LogP contribution < -0.4 is 24.4 Å². The van der Waals surface area contributed by atoms with Gasteiger partial charge in [-0.2, -0.15) is 0 Å². The summed E-state index contributed by atoms with van der Waals surface area (Å²) in [6, 6.07) is 25.0. The van der Waals surface area contributed by atoms with Gasteiger partial charge in [-0.25, -0.2) is 0 Å². The van der Waals surface area contributed by atoms with Crippen molar-refractivity contribution >= 4 is 34.9 Å². The van der Waals surface area contributed by atoms with Gasteiger partial charge in [0, 0.05) is 18.3 Å². The third kappa shape index (κ3) is 5.57. The summed E-state index contributed by atoms with van der Waals surface area (Å²) >= 11 is 0. The number of ether oxygens (including phenoxy) is 3. The van der Waals surface area contributed by atoms with Crippen LogP contribution in [0.1, 0.15) is 33.1 Å². The van der Waals surface area contributed by atoms with E-state index in [4.69, 9.17) is 14.2 Å². The van der Waals surface area contributed by atoms with Crippen LogP contribution in [0.15, 0.2) is 91.0 Å². The van der Waals surface area contributed by atoms with E-state index in [9.17, 15) is 19.2 Å². The van der Waals surface area contributed by atoms with Crippen molar-refractivity contribution < 1.29 is 33.4 Å². The van der Waals surface area contributed by atoms with E-state index in [0.29, 0.717) is 34.2 Å². The van der Waals surface area contributed by atoms with Crippen LogP contribution in [0.4, 0.5) is 11.4 Å². The number of benzene rings is 4. The molecule has 0 saturated heterocycles. The van der Waals surface area contributed by atoms with Gasteiger partial charge in [-0.1, -0.05) is 54.1 Å². The van der Waals surface area contributed by atoms with Crippen LogP contribution in [0, 0.1) is 6.92 Å². The number of nitrogens with zero attached hydrogens (tertiary/aromatic N) is 2. The van der Waals surface area contributed by atoms with Crippen molar-refractivity contribution in [2.24, 2.45) is 0 Å². The normalized spacial score (nSPS) is 13.8. The van der Waals surface area contributed by atoms with Gasteiger partial charge in [0.25, 0.3) is 17.6 Å². The second-order valence-corrected chi connectivity index (χ2v) is 10.5. The lowest BCUT2D eigenvalue weighted by Gasteiger charge is -2.33. The largest absolute Gasteiger partial charge is 0.497 e. The maximum Gasteiger partial charge on any atom is 0.299 e. The zero-order chi connectivity index (χ0) is 30.8. The van der Waals surface area contributed by atoms with Crippen molar-refractivity contribution in [2.75, 3.05) is 30.7 Å². The van der Waals surface area contributed by atoms with Gasteiger partial charge in [0.05, 0.1) is 18.4 Å². The van der Waals surface area contributed by atoms with Crippen molar-refractivity contribution in [2.45, 2.75) is 19.5 Å². The first-order valence-electron chi connectivity index (χ1n) is 14.0. The molecule has 2 aliphatic rings. The fraction of sp³-hybridized carbons (Fsp3) is 0.176. The van der Waals surface area contributed by atoms with Gasteiger partial charge >= 0.3 is 0 Å². The van der Waals surface area contributed by atoms with Gasteiger partial charge in [0.1, 0.15) is 18.3 Å². The summed E-state index contributed by atoms with van der Waals surface area (Å²) in [5.74, 6) is -0.837. The number of Topliss-reactive ketones (excluding diaryl/α,β-unsaturated/α-hetero) is 1. The molecule has 1 atom stereocenters. The number of aryl methyl sites for hydroxylation is 1. The Bertz CT molecular complexity index is 1750. The highest BCUT2D eigenvalue weighted by molar-refractivity contribution is 6.52. The lowest BCUT2D eigenvalue weighted by atomic mass is 10.0. The molecule has 10 nitrogen and oxygen atoms in total. The highest BCUT2D eigenvalue weighted by Gasteiger charge is 2.39. The monoisotopic (exact) mass is 591 g/mol. The van der Waals surface area contributed by atoms with Crippen LogP contribution in [-0.4, -0.2) is 48.9 Å². The number of hydrogen-bond donors (Lipinski definition) is 1. The van der Waals surface area contributed by atoms with Gasteiger partial charge in [-0.3, -0.25) is 24.1 Å². The minimum Gasteiger partial charge on any atom is -0.497 e. The summed E-state index contributed by atoms with van der Waals surface area (Å²) < 4.78 is 16.2. The first kappa shape index (κ1) is 28.5. The number of para-hydroxylation sites is 1. The Kier molecular flexibility index (Phi) is 7.72. The molecule has 0 spiro atoms. The maximum atomic E-state index is 14.3. The van der Waals surface area contributed by atoms with E-state index in [-0.39, 0.29) is 18.9 Å². The molecule has 0 saturated carbocycles. The Morgan fingerprint density at radius 2 is 1.66 bits per heavy atom. The standard InChI is InChI=1S/C34H29N3O7/c1-21-7-9-22(10-8-21)18-37(30(38)19-36-27-6-4-3-5-26(27)32(39)34(36)41)31(23-11-14-25(42-2)15-12-23)33(40)35-24-13-16-28-29(17-24)44-20-43-28/h3-17,31H,18-20H2,1-2H3,(H,35,40). The van der Waals surface area contributed by atoms with Crippen molar-refractivity contribution in [1.82, 2.24) is 4.90 Å². The molecule has 1 unspecified atom stereocenters. The van der Waals surface area contributed by atoms with E-state index in [0.717, 1.165) is 11.1 Å². The number of nitrogens with one attached hydrogen (secondary N) is 1. The van der Waals surface area contributed by atoms with Crippen LogP contribution in [0.5, 0.6) is 17.2 Å². The Morgan fingerprint density at radius 1 is 0.932 bits per heavy atom. The number of carbonyl (C=O) groups is 4. The molecular weight excluding hydrogens is 562 g/mol. The molecule has 0 radical (unpaired) electrons. The van der Waals surface area contributed by atoms with Crippen molar-refractivity contribution in [1.29, 1.82) is 0 Å². The highest BCUT2D eigenvalue weighted by Crippen LogP contribution is 2.35. The number of methoxy groups -OCH3 is 1. The molecule has 44 heavy (non-hydrogen) atoms. The molecule has 222 valence electrons. The molecule has 10 heteroatoms. The maximum absolute atomic E-state index is 14.3. The van der Waals surface area contributed by atoms with Crippen LogP contribution in [-0.2, 0) is 20.9 Å². The molecule has 0 fully saturated rings. The molecule has 1 N–H and O–H groups in total. The molecule has 0 aliphatic carbocycles. The van der Waals surface area contributed by atoms with E-state index in [1.165, 1.54) is 16.9 Å². The average Bonchev–Trinajstić information content (AvgIpc) is 3.60. The number of rotatable bonds is 9. The lowest BCUT2D eigenvalue weighted by molar-refractivity contribution is -0.139. The molecule has 6 rings (SSSR count). The van der Waals surface area contributed by atoms with Gasteiger partial charge in [0.2, 0.25) is 12.7 Å². The fourth-order valence-electron chi connectivity index (χ4n) is 5.29. The lowest BCUT2D eigenvalue weighted by Crippen LogP contribution is -2.46. The SMILES string of the molecule is COc1ccc(C(C(=O)Nc2ccc3c(c2)OCO3)N(Cc2ccc(C)cc2)C(=O)CN2C(=O)C(=O)c3ccccc32)cc1. The van der Waals surface area contributed by atoms with Gasteiger partial charge in [-0.05, 0) is 54.4 Å². The minimum absolute atomic E-state index is 0.0575. The van der Waals surface area contributed by atoms with Crippen molar-refractivity contribution in [3.63, 3.8) is 0 Å². The minimum atomic E-state index is -1.12. The summed E-state index contributed by atoms with van der Waals surface area (Å²) in [5, 5.41) is 2.92. The van der Waals surface area contributed by atoms with Crippen LogP contribution in [0.25, 0.3) is 0 Å². The Hall–Kier alpha value is -5.64. The Labute approximate surface area is 253 Å². The van der Waals surface area contributed by atoms with Gasteiger partial charge < -0.3 is 24.4 Å².